The van der Waals surface area contributed by atoms with Crippen molar-refractivity contribution in [2.45, 2.75) is 31.2 Å². The topological polar surface area (TPSA) is 114 Å². The second kappa shape index (κ2) is 7.20. The van der Waals surface area contributed by atoms with Gasteiger partial charge >= 0.3 is 5.97 Å². The number of hydrogen-bond donors (Lipinski definition) is 2. The Labute approximate surface area is 153 Å². The van der Waals surface area contributed by atoms with Gasteiger partial charge in [0.1, 0.15) is 5.69 Å². The van der Waals surface area contributed by atoms with E-state index in [1.165, 1.54) is 7.11 Å². The quantitative estimate of drug-likeness (QED) is 0.387. The van der Waals surface area contributed by atoms with Crippen molar-refractivity contribution in [2.75, 3.05) is 7.11 Å². The molecule has 0 amide bonds. The first-order valence-electron chi connectivity index (χ1n) is 7.88. The lowest BCUT2D eigenvalue weighted by Crippen LogP contribution is -2.15. The SMILES string of the molecule is COC(=O)c1c(C)[nH]c(C(=O)C(C)Sc2nnc(-c3ccc[nH]3)o2)c1C. The highest BCUT2D eigenvalue weighted by Gasteiger charge is 2.27. The number of methoxy groups -OCH3 is 1. The van der Waals surface area contributed by atoms with Crippen molar-refractivity contribution in [2.24, 2.45) is 0 Å². The Hall–Kier alpha value is -2.81. The van der Waals surface area contributed by atoms with Gasteiger partial charge in [-0.3, -0.25) is 4.79 Å². The average Bonchev–Trinajstić information content (AvgIpc) is 3.34. The van der Waals surface area contributed by atoms with E-state index in [4.69, 9.17) is 9.15 Å². The van der Waals surface area contributed by atoms with Crippen molar-refractivity contribution in [1.29, 1.82) is 0 Å². The van der Waals surface area contributed by atoms with Gasteiger partial charge in [-0.15, -0.1) is 10.2 Å². The molecule has 1 atom stereocenters. The number of nitrogens with zero attached hydrogens (tertiary/aromatic N) is 2. The molecule has 0 radical (unpaired) electrons. The van der Waals surface area contributed by atoms with Crippen LogP contribution in [-0.4, -0.2) is 44.3 Å². The monoisotopic (exact) mass is 374 g/mol. The van der Waals surface area contributed by atoms with Gasteiger partial charge in [0.05, 0.1) is 23.6 Å². The molecule has 0 aliphatic heterocycles. The molecule has 26 heavy (non-hydrogen) atoms. The van der Waals surface area contributed by atoms with Crippen molar-refractivity contribution >= 4 is 23.5 Å². The summed E-state index contributed by atoms with van der Waals surface area (Å²) in [6, 6.07) is 3.64. The lowest BCUT2D eigenvalue weighted by Gasteiger charge is -2.07. The lowest BCUT2D eigenvalue weighted by molar-refractivity contribution is 0.0599. The maximum Gasteiger partial charge on any atom is 0.339 e. The first kappa shape index (κ1) is 18.0. The summed E-state index contributed by atoms with van der Waals surface area (Å²) in [5.74, 6) is -0.273. The van der Waals surface area contributed by atoms with Gasteiger partial charge in [0.25, 0.3) is 11.1 Å². The van der Waals surface area contributed by atoms with E-state index in [9.17, 15) is 9.59 Å². The van der Waals surface area contributed by atoms with Crippen LogP contribution in [0.4, 0.5) is 0 Å². The van der Waals surface area contributed by atoms with Crippen LogP contribution < -0.4 is 0 Å². The number of ketones is 1. The van der Waals surface area contributed by atoms with E-state index in [2.05, 4.69) is 20.2 Å². The van der Waals surface area contributed by atoms with Crippen LogP contribution in [0.1, 0.15) is 39.0 Å². The van der Waals surface area contributed by atoms with Crippen molar-refractivity contribution in [1.82, 2.24) is 20.2 Å². The van der Waals surface area contributed by atoms with Gasteiger partial charge < -0.3 is 19.1 Å². The summed E-state index contributed by atoms with van der Waals surface area (Å²) in [7, 11) is 1.31. The van der Waals surface area contributed by atoms with Crippen LogP contribution in [0.2, 0.25) is 0 Å². The van der Waals surface area contributed by atoms with Gasteiger partial charge in [0.15, 0.2) is 5.78 Å². The van der Waals surface area contributed by atoms with Crippen molar-refractivity contribution in [3.63, 3.8) is 0 Å². The number of Topliss-reactive ketones (excluding diaryl/α,β-unsaturated/α-hetero) is 1. The van der Waals surface area contributed by atoms with E-state index in [0.29, 0.717) is 39.3 Å². The van der Waals surface area contributed by atoms with Crippen LogP contribution in [0.15, 0.2) is 28.0 Å². The minimum Gasteiger partial charge on any atom is -0.465 e. The molecule has 3 heterocycles. The standard InChI is InChI=1S/C17H18N4O4S/c1-8-12(16(23)24-4)9(2)19-13(8)14(22)10(3)26-17-21-20-15(25-17)11-6-5-7-18-11/h5-7,10,18-19H,1-4H3. The third-order valence-corrected chi connectivity index (χ3v) is 4.89. The van der Waals surface area contributed by atoms with Gasteiger partial charge in [0.2, 0.25) is 0 Å². The number of thioether (sulfide) groups is 1. The average molecular weight is 374 g/mol. The molecule has 0 saturated carbocycles. The highest BCUT2D eigenvalue weighted by atomic mass is 32.2. The number of aryl methyl sites for hydroxylation is 1. The molecule has 8 nitrogen and oxygen atoms in total. The Morgan fingerprint density at radius 2 is 2.08 bits per heavy atom. The number of aromatic amines is 2. The van der Waals surface area contributed by atoms with E-state index >= 15 is 0 Å². The molecule has 1 unspecified atom stereocenters. The van der Waals surface area contributed by atoms with E-state index in [1.807, 2.05) is 12.1 Å². The smallest absolute Gasteiger partial charge is 0.339 e. The number of nitrogens with one attached hydrogen (secondary N) is 2. The second-order valence-corrected chi connectivity index (χ2v) is 6.99. The Morgan fingerprint density at radius 1 is 1.31 bits per heavy atom. The van der Waals surface area contributed by atoms with Crippen LogP contribution in [0.25, 0.3) is 11.6 Å². The summed E-state index contributed by atoms with van der Waals surface area (Å²) < 4.78 is 10.3. The predicted octanol–water partition coefficient (Wildman–Crippen LogP) is 3.16. The molecule has 0 bridgehead atoms. The first-order chi connectivity index (χ1) is 12.4. The minimum absolute atomic E-state index is 0.162. The number of carbonyl (C=O) groups excluding carboxylic acids is 2. The third kappa shape index (κ3) is 3.30. The number of carbonyl (C=O) groups is 2. The molecule has 0 aliphatic carbocycles. The molecule has 9 heteroatoms. The van der Waals surface area contributed by atoms with E-state index in [-0.39, 0.29) is 5.78 Å². The Morgan fingerprint density at radius 3 is 2.73 bits per heavy atom. The van der Waals surface area contributed by atoms with Crippen LogP contribution in [0.3, 0.4) is 0 Å². The lowest BCUT2D eigenvalue weighted by atomic mass is 10.1. The number of ether oxygens (including phenoxy) is 1. The first-order valence-corrected chi connectivity index (χ1v) is 8.76. The molecule has 0 aliphatic rings. The molecule has 0 aromatic carbocycles. The van der Waals surface area contributed by atoms with Gasteiger partial charge in [-0.2, -0.15) is 0 Å². The molecule has 3 aromatic rings. The van der Waals surface area contributed by atoms with Crippen molar-refractivity contribution in [3.05, 3.63) is 40.8 Å². The van der Waals surface area contributed by atoms with Crippen LogP contribution >= 0.6 is 11.8 Å². The number of esters is 1. The van der Waals surface area contributed by atoms with Gasteiger partial charge in [0, 0.05) is 11.9 Å². The van der Waals surface area contributed by atoms with E-state index in [1.54, 1.807) is 27.0 Å². The molecule has 0 spiro atoms. The normalized spacial score (nSPS) is 12.2. The molecular weight excluding hydrogens is 356 g/mol. The highest BCUT2D eigenvalue weighted by molar-refractivity contribution is 8.00. The number of aromatic nitrogens is 4. The van der Waals surface area contributed by atoms with E-state index < -0.39 is 11.2 Å². The van der Waals surface area contributed by atoms with Gasteiger partial charge in [-0.05, 0) is 38.5 Å². The Bertz CT molecular complexity index is 942. The molecule has 3 rings (SSSR count). The molecule has 0 fully saturated rings. The third-order valence-electron chi connectivity index (χ3n) is 3.96. The molecule has 2 N–H and O–H groups in total. The maximum absolute atomic E-state index is 12.8. The van der Waals surface area contributed by atoms with Crippen molar-refractivity contribution in [3.8, 4) is 11.6 Å². The summed E-state index contributed by atoms with van der Waals surface area (Å²) in [5, 5.41) is 7.75. The summed E-state index contributed by atoms with van der Waals surface area (Å²) in [6.07, 6.45) is 1.76. The zero-order chi connectivity index (χ0) is 18.8. The molecule has 3 aromatic heterocycles. The fraction of sp³-hybridized carbons (Fsp3) is 0.294. The minimum atomic E-state index is -0.478. The Kier molecular flexibility index (Phi) is 4.99. The van der Waals surface area contributed by atoms with Crippen LogP contribution in [-0.2, 0) is 4.74 Å². The second-order valence-electron chi connectivity index (χ2n) is 5.70. The van der Waals surface area contributed by atoms with Gasteiger partial charge in [-0.1, -0.05) is 11.8 Å². The fourth-order valence-corrected chi connectivity index (χ4v) is 3.38. The van der Waals surface area contributed by atoms with E-state index in [0.717, 1.165) is 11.8 Å². The maximum atomic E-state index is 12.8. The van der Waals surface area contributed by atoms with Crippen molar-refractivity contribution < 1.29 is 18.7 Å². The molecular formula is C17H18N4O4S. The zero-order valence-electron chi connectivity index (χ0n) is 14.7. The summed E-state index contributed by atoms with van der Waals surface area (Å²) in [4.78, 5) is 30.6. The number of hydrogen-bond acceptors (Lipinski definition) is 7. The number of H-pyrrole nitrogens is 2. The number of rotatable bonds is 6. The summed E-state index contributed by atoms with van der Waals surface area (Å²) in [6.45, 7) is 5.20. The molecule has 136 valence electrons. The molecule has 0 saturated heterocycles. The largest absolute Gasteiger partial charge is 0.465 e. The van der Waals surface area contributed by atoms with Gasteiger partial charge in [-0.25, -0.2) is 4.79 Å². The highest BCUT2D eigenvalue weighted by Crippen LogP contribution is 2.29. The summed E-state index contributed by atoms with van der Waals surface area (Å²) in [5.41, 5.74) is 2.65. The fourth-order valence-electron chi connectivity index (χ4n) is 2.64. The summed E-state index contributed by atoms with van der Waals surface area (Å²) >= 11 is 1.16. The van der Waals surface area contributed by atoms with Crippen LogP contribution in [0.5, 0.6) is 0 Å². The Balaban J connectivity index is 1.77. The predicted molar refractivity (Wildman–Crippen MR) is 95.3 cm³/mol. The van der Waals surface area contributed by atoms with Crippen LogP contribution in [0, 0.1) is 13.8 Å². The zero-order valence-corrected chi connectivity index (χ0v) is 15.6.